The minimum atomic E-state index is -0.678. The van der Waals surface area contributed by atoms with Gasteiger partial charge >= 0.3 is 5.97 Å². The van der Waals surface area contributed by atoms with Gasteiger partial charge in [0.15, 0.2) is 0 Å². The van der Waals surface area contributed by atoms with E-state index in [4.69, 9.17) is 0 Å². The van der Waals surface area contributed by atoms with Crippen LogP contribution >= 0.6 is 0 Å². The number of esters is 1. The Morgan fingerprint density at radius 2 is 2.00 bits per heavy atom. The number of Topliss-reactive ketones (excluding diaryl/α,β-unsaturated/α-hetero) is 1. The van der Waals surface area contributed by atoms with Gasteiger partial charge in [0.2, 0.25) is 0 Å². The van der Waals surface area contributed by atoms with Gasteiger partial charge in [0.1, 0.15) is 11.7 Å². The Bertz CT molecular complexity index is 206. The molecule has 3 heteroatoms. The van der Waals surface area contributed by atoms with Crippen LogP contribution in [0.2, 0.25) is 0 Å². The molecule has 0 aromatic carbocycles. The second-order valence-corrected chi connectivity index (χ2v) is 3.16. The van der Waals surface area contributed by atoms with Crippen molar-refractivity contribution in [3.63, 3.8) is 0 Å². The summed E-state index contributed by atoms with van der Waals surface area (Å²) in [7, 11) is 1.28. The summed E-state index contributed by atoms with van der Waals surface area (Å²) in [5, 5.41) is 0. The van der Waals surface area contributed by atoms with Crippen molar-refractivity contribution in [2.24, 2.45) is 11.8 Å². The Balaban J connectivity index is 4.49. The molecule has 0 fully saturated rings. The number of carbonyl (C=O) groups excluding carboxylic acids is 2. The van der Waals surface area contributed by atoms with Gasteiger partial charge in [0.05, 0.1) is 7.11 Å². The predicted molar refractivity (Wildman–Crippen MR) is 50.2 cm³/mol. The number of carbonyl (C=O) groups is 2. The second-order valence-electron chi connectivity index (χ2n) is 3.16. The summed E-state index contributed by atoms with van der Waals surface area (Å²) in [6.07, 6.45) is 1.91. The fraction of sp³-hybridized carbons (Fsp3) is 0.600. The monoisotopic (exact) mass is 184 g/mol. The van der Waals surface area contributed by atoms with Gasteiger partial charge in [-0.2, -0.15) is 0 Å². The van der Waals surface area contributed by atoms with Crippen LogP contribution in [0.1, 0.15) is 20.3 Å². The molecule has 0 radical (unpaired) electrons. The molecule has 0 aromatic heterocycles. The highest BCUT2D eigenvalue weighted by Crippen LogP contribution is 2.13. The molecule has 0 rings (SSSR count). The molecule has 13 heavy (non-hydrogen) atoms. The Labute approximate surface area is 78.8 Å². The lowest BCUT2D eigenvalue weighted by molar-refractivity contribution is -0.150. The van der Waals surface area contributed by atoms with E-state index in [1.807, 2.05) is 0 Å². The van der Waals surface area contributed by atoms with E-state index in [9.17, 15) is 9.59 Å². The van der Waals surface area contributed by atoms with E-state index in [-0.39, 0.29) is 11.7 Å². The van der Waals surface area contributed by atoms with Crippen molar-refractivity contribution in [1.82, 2.24) is 0 Å². The summed E-state index contributed by atoms with van der Waals surface area (Å²) in [5.74, 6) is -1.39. The molecule has 0 heterocycles. The number of ketones is 1. The van der Waals surface area contributed by atoms with Crippen molar-refractivity contribution >= 4 is 11.8 Å². The van der Waals surface area contributed by atoms with Crippen LogP contribution in [0.15, 0.2) is 12.7 Å². The lowest BCUT2D eigenvalue weighted by Crippen LogP contribution is -2.28. The highest BCUT2D eigenvalue weighted by Gasteiger charge is 2.27. The normalized spacial score (nSPS) is 12.3. The molecule has 0 spiro atoms. The van der Waals surface area contributed by atoms with Gasteiger partial charge in [-0.05, 0) is 6.42 Å². The third-order valence-corrected chi connectivity index (χ3v) is 1.80. The molecule has 0 amide bonds. The first-order chi connectivity index (χ1) is 6.04. The van der Waals surface area contributed by atoms with Gasteiger partial charge in [-0.15, -0.1) is 6.58 Å². The molecule has 0 saturated carbocycles. The first kappa shape index (κ1) is 11.9. The SMILES string of the molecule is C=CC[C@H](C(=O)OC)C(=O)C(C)C. The minimum absolute atomic E-state index is 0.0910. The Hall–Kier alpha value is -1.12. The number of rotatable bonds is 5. The molecular formula is C10H16O3. The number of hydrogen-bond acceptors (Lipinski definition) is 3. The summed E-state index contributed by atoms with van der Waals surface area (Å²) in [5.41, 5.74) is 0. The van der Waals surface area contributed by atoms with Gasteiger partial charge in [-0.1, -0.05) is 19.9 Å². The van der Waals surface area contributed by atoms with Crippen LogP contribution in [-0.4, -0.2) is 18.9 Å². The summed E-state index contributed by atoms with van der Waals surface area (Å²) < 4.78 is 4.53. The van der Waals surface area contributed by atoms with Crippen LogP contribution < -0.4 is 0 Å². The highest BCUT2D eigenvalue weighted by atomic mass is 16.5. The molecule has 0 aliphatic carbocycles. The maximum absolute atomic E-state index is 11.5. The molecule has 0 N–H and O–H groups in total. The fourth-order valence-electron chi connectivity index (χ4n) is 1.04. The van der Waals surface area contributed by atoms with Crippen LogP contribution in [0.4, 0.5) is 0 Å². The zero-order valence-corrected chi connectivity index (χ0v) is 8.37. The third kappa shape index (κ3) is 3.40. The van der Waals surface area contributed by atoms with Crippen LogP contribution in [0.25, 0.3) is 0 Å². The van der Waals surface area contributed by atoms with Crippen LogP contribution in [-0.2, 0) is 14.3 Å². The molecule has 0 saturated heterocycles. The smallest absolute Gasteiger partial charge is 0.316 e. The number of ether oxygens (including phenoxy) is 1. The highest BCUT2D eigenvalue weighted by molar-refractivity contribution is 5.99. The van der Waals surface area contributed by atoms with Crippen LogP contribution in [0, 0.1) is 11.8 Å². The van der Waals surface area contributed by atoms with E-state index in [1.165, 1.54) is 7.11 Å². The molecule has 3 nitrogen and oxygen atoms in total. The van der Waals surface area contributed by atoms with E-state index >= 15 is 0 Å². The average molecular weight is 184 g/mol. The zero-order valence-electron chi connectivity index (χ0n) is 8.37. The molecule has 0 unspecified atom stereocenters. The zero-order chi connectivity index (χ0) is 10.4. The summed E-state index contributed by atoms with van der Waals surface area (Å²) in [6.45, 7) is 7.03. The lowest BCUT2D eigenvalue weighted by atomic mass is 9.92. The maximum atomic E-state index is 11.5. The molecule has 0 aliphatic rings. The topological polar surface area (TPSA) is 43.4 Å². The van der Waals surface area contributed by atoms with Gasteiger partial charge in [0.25, 0.3) is 0 Å². The molecule has 74 valence electrons. The van der Waals surface area contributed by atoms with Gasteiger partial charge in [-0.3, -0.25) is 9.59 Å². The summed E-state index contributed by atoms with van der Waals surface area (Å²) >= 11 is 0. The Morgan fingerprint density at radius 3 is 2.31 bits per heavy atom. The summed E-state index contributed by atoms with van der Waals surface area (Å²) in [4.78, 5) is 22.6. The van der Waals surface area contributed by atoms with Crippen LogP contribution in [0.5, 0.6) is 0 Å². The third-order valence-electron chi connectivity index (χ3n) is 1.80. The van der Waals surface area contributed by atoms with Crippen molar-refractivity contribution in [3.05, 3.63) is 12.7 Å². The van der Waals surface area contributed by atoms with Crippen LogP contribution in [0.3, 0.4) is 0 Å². The van der Waals surface area contributed by atoms with Crippen molar-refractivity contribution in [2.45, 2.75) is 20.3 Å². The molecular weight excluding hydrogens is 168 g/mol. The van der Waals surface area contributed by atoms with Crippen molar-refractivity contribution < 1.29 is 14.3 Å². The molecule has 0 aromatic rings. The van der Waals surface area contributed by atoms with Crippen molar-refractivity contribution in [2.75, 3.05) is 7.11 Å². The minimum Gasteiger partial charge on any atom is -0.468 e. The first-order valence-corrected chi connectivity index (χ1v) is 4.27. The first-order valence-electron chi connectivity index (χ1n) is 4.27. The van der Waals surface area contributed by atoms with E-state index < -0.39 is 11.9 Å². The molecule has 0 aliphatic heterocycles. The molecule has 0 bridgehead atoms. The van der Waals surface area contributed by atoms with Gasteiger partial charge in [-0.25, -0.2) is 0 Å². The largest absolute Gasteiger partial charge is 0.468 e. The van der Waals surface area contributed by atoms with Crippen molar-refractivity contribution in [3.8, 4) is 0 Å². The quantitative estimate of drug-likeness (QED) is 0.370. The number of hydrogen-bond donors (Lipinski definition) is 0. The molecule has 1 atom stereocenters. The maximum Gasteiger partial charge on any atom is 0.316 e. The van der Waals surface area contributed by atoms with E-state index in [1.54, 1.807) is 19.9 Å². The Morgan fingerprint density at radius 1 is 1.46 bits per heavy atom. The van der Waals surface area contributed by atoms with Crippen molar-refractivity contribution in [1.29, 1.82) is 0 Å². The predicted octanol–water partition coefficient (Wildman–Crippen LogP) is 1.58. The number of allylic oxidation sites excluding steroid dienone is 1. The summed E-state index contributed by atoms with van der Waals surface area (Å²) in [6, 6.07) is 0. The second kappa shape index (κ2) is 5.51. The van der Waals surface area contributed by atoms with Gasteiger partial charge < -0.3 is 4.74 Å². The lowest BCUT2D eigenvalue weighted by Gasteiger charge is -2.13. The van der Waals surface area contributed by atoms with E-state index in [0.29, 0.717) is 6.42 Å². The standard InChI is InChI=1S/C10H16O3/c1-5-6-8(10(12)13-4)9(11)7(2)3/h5,7-8H,1,6H2,2-4H3/t8-/m0/s1. The van der Waals surface area contributed by atoms with E-state index in [2.05, 4.69) is 11.3 Å². The number of methoxy groups -OCH3 is 1. The fourth-order valence-corrected chi connectivity index (χ4v) is 1.04. The van der Waals surface area contributed by atoms with Gasteiger partial charge in [0, 0.05) is 5.92 Å². The van der Waals surface area contributed by atoms with E-state index in [0.717, 1.165) is 0 Å². The average Bonchev–Trinajstić information content (AvgIpc) is 2.11. The Kier molecular flexibility index (Phi) is 5.04.